The normalized spacial score (nSPS) is 23.4. The maximum absolute atomic E-state index is 14.4. The van der Waals surface area contributed by atoms with E-state index >= 15 is 0 Å². The van der Waals surface area contributed by atoms with E-state index in [2.05, 4.69) is 10.3 Å². The molecule has 3 amide bonds. The van der Waals surface area contributed by atoms with Gasteiger partial charge in [0.1, 0.15) is 22.6 Å². The summed E-state index contributed by atoms with van der Waals surface area (Å²) in [4.78, 5) is 46.9. The van der Waals surface area contributed by atoms with E-state index in [1.807, 2.05) is 13.1 Å². The number of hydrogen-bond donors (Lipinski definition) is 1. The molecule has 0 bridgehead atoms. The van der Waals surface area contributed by atoms with Gasteiger partial charge in [-0.25, -0.2) is 4.79 Å². The molecule has 0 saturated carbocycles. The first kappa shape index (κ1) is 37.6. The van der Waals surface area contributed by atoms with Crippen LogP contribution >= 0.6 is 10.2 Å². The summed E-state index contributed by atoms with van der Waals surface area (Å²) >= 11 is 0. The number of amides is 3. The number of hydrogen-bond acceptors (Lipinski definition) is 8. The lowest BCUT2D eigenvalue weighted by atomic mass is 9.82. The van der Waals surface area contributed by atoms with E-state index in [-0.39, 0.29) is 49.4 Å². The van der Waals surface area contributed by atoms with Gasteiger partial charge in [0.05, 0.1) is 12.6 Å². The zero-order valence-electron chi connectivity index (χ0n) is 27.9. The third-order valence-electron chi connectivity index (χ3n) is 8.44. The van der Waals surface area contributed by atoms with Gasteiger partial charge in [-0.1, -0.05) is 32.4 Å². The highest BCUT2D eigenvalue weighted by Gasteiger charge is 2.65. The van der Waals surface area contributed by atoms with Gasteiger partial charge in [-0.2, -0.15) is 5.26 Å². The second-order valence-corrected chi connectivity index (χ2v) is 16.2. The molecule has 0 spiro atoms. The van der Waals surface area contributed by atoms with Gasteiger partial charge >= 0.3 is 16.3 Å². The fraction of sp³-hybridized carbons (Fsp3) is 0.531. The third kappa shape index (κ3) is 9.30. The molecule has 2 aromatic rings. The average molecular weight is 717 g/mol. The smallest absolute Gasteiger partial charge is 0.410 e. The molecule has 2 aliphatic rings. The molecule has 4 unspecified atom stereocenters. The molecular weight excluding hydrogens is 675 g/mol. The molecule has 49 heavy (non-hydrogen) atoms. The second-order valence-electron chi connectivity index (χ2n) is 13.8. The van der Waals surface area contributed by atoms with Crippen molar-refractivity contribution in [3.8, 4) is 6.19 Å². The number of aromatic nitrogens is 1. The first-order valence-corrected chi connectivity index (χ1v) is 17.5. The van der Waals surface area contributed by atoms with Crippen LogP contribution in [-0.4, -0.2) is 83.7 Å². The average Bonchev–Trinajstić information content (AvgIpc) is 3.45. The topological polar surface area (TPSA) is 128 Å². The highest BCUT2D eigenvalue weighted by Crippen LogP contribution is 3.02. The Morgan fingerprint density at radius 3 is 2.39 bits per heavy atom. The summed E-state index contributed by atoms with van der Waals surface area (Å²) in [6, 6.07) is 1.97. The Labute approximate surface area is 282 Å². The van der Waals surface area contributed by atoms with Crippen molar-refractivity contribution in [1.82, 2.24) is 20.1 Å². The highest BCUT2D eigenvalue weighted by atomic mass is 32.5. The van der Waals surface area contributed by atoms with Crippen molar-refractivity contribution in [3.63, 3.8) is 0 Å². The van der Waals surface area contributed by atoms with Gasteiger partial charge in [0.2, 0.25) is 5.91 Å². The molecule has 17 heteroatoms. The molecule has 2 saturated heterocycles. The molecule has 2 fully saturated rings. The number of nitriles is 1. The Hall–Kier alpha value is -4.17. The first-order chi connectivity index (χ1) is 22.5. The van der Waals surface area contributed by atoms with E-state index < -0.39 is 62.2 Å². The van der Waals surface area contributed by atoms with Crippen molar-refractivity contribution in [1.29, 1.82) is 5.26 Å². The molecule has 1 aromatic carbocycles. The maximum Gasteiger partial charge on any atom is 0.410 e. The maximum atomic E-state index is 14.4. The number of piperidine rings is 1. The van der Waals surface area contributed by atoms with Gasteiger partial charge in [-0.3, -0.25) is 24.4 Å². The van der Waals surface area contributed by atoms with Crippen LogP contribution in [0.25, 0.3) is 0 Å². The van der Waals surface area contributed by atoms with E-state index in [1.54, 1.807) is 25.7 Å². The summed E-state index contributed by atoms with van der Waals surface area (Å²) in [7, 11) is -8.68. The Bertz CT molecular complexity index is 1590. The number of nitrogens with zero attached hydrogens (tertiary/aromatic N) is 5. The lowest BCUT2D eigenvalue weighted by Crippen LogP contribution is -2.53. The largest absolute Gasteiger partial charge is 0.444 e. The monoisotopic (exact) mass is 716 g/mol. The molecular formula is C32H41F5N6O5S. The van der Waals surface area contributed by atoms with Crippen molar-refractivity contribution in [2.75, 3.05) is 38.2 Å². The summed E-state index contributed by atoms with van der Waals surface area (Å²) in [5, 5.41) is 12.6. The lowest BCUT2D eigenvalue weighted by Gasteiger charge is -2.41. The third-order valence-corrected chi connectivity index (χ3v) is 9.60. The van der Waals surface area contributed by atoms with Gasteiger partial charge in [-0.15, -0.1) is 0 Å². The summed E-state index contributed by atoms with van der Waals surface area (Å²) in [6.45, 7) is 7.89. The van der Waals surface area contributed by atoms with E-state index in [9.17, 15) is 39.1 Å². The number of rotatable bonds is 9. The second kappa shape index (κ2) is 12.9. The van der Waals surface area contributed by atoms with Crippen LogP contribution in [0.3, 0.4) is 0 Å². The minimum atomic E-state index is -10.1. The fourth-order valence-corrected chi connectivity index (χ4v) is 6.69. The molecule has 2 aliphatic heterocycles. The van der Waals surface area contributed by atoms with Crippen molar-refractivity contribution < 1.29 is 43.3 Å². The summed E-state index contributed by atoms with van der Waals surface area (Å²) < 4.78 is 79.1. The zero-order valence-corrected chi connectivity index (χ0v) is 28.7. The summed E-state index contributed by atoms with van der Waals surface area (Å²) in [5.41, 5.74) is -1.47. The van der Waals surface area contributed by atoms with Gasteiger partial charge in [0.25, 0.3) is 5.91 Å². The van der Waals surface area contributed by atoms with Crippen LogP contribution in [0.1, 0.15) is 58.6 Å². The minimum absolute atomic E-state index is 0.0168. The predicted molar refractivity (Wildman–Crippen MR) is 172 cm³/mol. The zero-order chi connectivity index (χ0) is 36.5. The molecule has 11 nitrogen and oxygen atoms in total. The van der Waals surface area contributed by atoms with E-state index in [0.717, 1.165) is 9.80 Å². The van der Waals surface area contributed by atoms with Crippen molar-refractivity contribution in [3.05, 3.63) is 54.4 Å². The van der Waals surface area contributed by atoms with Crippen LogP contribution in [0.5, 0.6) is 0 Å². The van der Waals surface area contributed by atoms with Crippen LogP contribution < -0.4 is 10.2 Å². The van der Waals surface area contributed by atoms with Gasteiger partial charge < -0.3 is 19.7 Å². The Morgan fingerprint density at radius 1 is 1.16 bits per heavy atom. The number of carbonyl (C=O) groups is 3. The highest BCUT2D eigenvalue weighted by molar-refractivity contribution is 8.45. The van der Waals surface area contributed by atoms with Crippen LogP contribution in [0.2, 0.25) is 0 Å². The van der Waals surface area contributed by atoms with Crippen LogP contribution in [0.15, 0.2) is 53.7 Å². The van der Waals surface area contributed by atoms with Crippen LogP contribution in [-0.2, 0) is 19.1 Å². The number of likely N-dealkylation sites (tertiary alicyclic amines) is 2. The van der Waals surface area contributed by atoms with Crippen LogP contribution in [0.4, 0.5) is 29.9 Å². The number of methoxy groups -OCH3 is 1. The molecule has 3 heterocycles. The van der Waals surface area contributed by atoms with Crippen LogP contribution in [0, 0.1) is 16.9 Å². The Balaban J connectivity index is 1.72. The molecule has 1 N–H and O–H groups in total. The van der Waals surface area contributed by atoms with E-state index in [1.165, 1.54) is 31.6 Å². The number of ether oxygens (including phenoxy) is 2. The molecule has 270 valence electrons. The SMILES string of the molecule is COC1CC(C(=O)N(c2ccc(S(F)(F)(F)(F)F)cc2)C(C(=O)NCC2(C)CCCN(C(=O)OC(C)(C)C)C2)c2cccnc2)N(C#N)C1. The van der Waals surface area contributed by atoms with Crippen molar-refractivity contribution in [2.24, 2.45) is 5.41 Å². The number of pyridine rings is 1. The van der Waals surface area contributed by atoms with Crippen molar-refractivity contribution in [2.45, 2.75) is 75.6 Å². The number of carbonyl (C=O) groups excluding carboxylic acids is 3. The number of anilines is 1. The van der Waals surface area contributed by atoms with E-state index in [0.29, 0.717) is 31.5 Å². The summed E-state index contributed by atoms with van der Waals surface area (Å²) in [6.07, 6.45) is 4.85. The van der Waals surface area contributed by atoms with Gasteiger partial charge in [0.15, 0.2) is 6.19 Å². The Morgan fingerprint density at radius 2 is 1.84 bits per heavy atom. The summed E-state index contributed by atoms with van der Waals surface area (Å²) in [5.74, 6) is -1.59. The first-order valence-electron chi connectivity index (χ1n) is 15.6. The number of halogens is 5. The molecule has 0 aliphatic carbocycles. The quantitative estimate of drug-likeness (QED) is 0.229. The number of benzene rings is 1. The number of nitrogens with one attached hydrogen (secondary N) is 1. The lowest BCUT2D eigenvalue weighted by molar-refractivity contribution is -0.128. The van der Waals surface area contributed by atoms with Gasteiger partial charge in [0, 0.05) is 62.2 Å². The standard InChI is InChI=1S/C32H41F5N6O5S/c1-31(2,3)48-30(46)41-15-7-13-32(4,20-41)19-40-28(44)27(22-8-6-14-39-17-22)43(29(45)26-16-24(47-5)18-42(26)21-38)23-9-11-25(12-10-23)49(33,34,35,36)37/h6,8-12,14,17,24,26-27H,7,13,15-16,18-20H2,1-5H3,(H,40,44). The van der Waals surface area contributed by atoms with Crippen molar-refractivity contribution >= 4 is 33.8 Å². The minimum Gasteiger partial charge on any atom is -0.444 e. The fourth-order valence-electron chi connectivity index (χ4n) is 6.04. The molecule has 4 atom stereocenters. The Kier molecular flexibility index (Phi) is 9.94. The van der Waals surface area contributed by atoms with Gasteiger partial charge in [-0.05, 0) is 63.9 Å². The molecule has 1 aromatic heterocycles. The molecule has 0 radical (unpaired) electrons. The van der Waals surface area contributed by atoms with E-state index in [4.69, 9.17) is 9.47 Å². The predicted octanol–water partition coefficient (Wildman–Crippen LogP) is 6.54. The molecule has 4 rings (SSSR count).